The van der Waals surface area contributed by atoms with Crippen molar-refractivity contribution < 1.29 is 4.79 Å². The lowest BCUT2D eigenvalue weighted by Gasteiger charge is -2.28. The Morgan fingerprint density at radius 3 is 2.93 bits per heavy atom. The summed E-state index contributed by atoms with van der Waals surface area (Å²) in [5, 5.41) is 19.0. The van der Waals surface area contributed by atoms with Crippen LogP contribution in [-0.4, -0.2) is 47.3 Å². The Morgan fingerprint density at radius 2 is 2.11 bits per heavy atom. The number of hydrogen-bond donors (Lipinski definition) is 1. The molecular formula is C19H24N8O. The van der Waals surface area contributed by atoms with Crippen LogP contribution in [0.4, 0.5) is 0 Å². The number of amides is 1. The minimum atomic E-state index is -0.123. The fraction of sp³-hybridized carbons (Fsp3) is 0.421. The molecule has 4 rings (SSSR count). The maximum atomic E-state index is 12.3. The SMILES string of the molecule is CCn1cc(CNC(=O)Cn2nnnc2CN2CCc3ccccc3C2)cn1. The Labute approximate surface area is 163 Å². The minimum Gasteiger partial charge on any atom is -0.350 e. The summed E-state index contributed by atoms with van der Waals surface area (Å²) in [6, 6.07) is 8.51. The van der Waals surface area contributed by atoms with Gasteiger partial charge in [0.25, 0.3) is 0 Å². The summed E-state index contributed by atoms with van der Waals surface area (Å²) >= 11 is 0. The van der Waals surface area contributed by atoms with E-state index >= 15 is 0 Å². The minimum absolute atomic E-state index is 0.106. The number of tetrazole rings is 1. The highest BCUT2D eigenvalue weighted by molar-refractivity contribution is 5.75. The molecule has 0 fully saturated rings. The standard InChI is InChI=1S/C19H24N8O/c1-2-26-11-15(10-21-26)9-20-19(28)14-27-18(22-23-24-27)13-25-8-7-16-5-3-4-6-17(16)12-25/h3-6,10-11H,2,7-9,12-14H2,1H3,(H,20,28). The lowest BCUT2D eigenvalue weighted by atomic mass is 10.00. The van der Waals surface area contributed by atoms with Crippen molar-refractivity contribution in [3.05, 3.63) is 59.2 Å². The van der Waals surface area contributed by atoms with Gasteiger partial charge in [0.05, 0.1) is 12.7 Å². The fourth-order valence-electron chi connectivity index (χ4n) is 3.41. The molecule has 0 unspecified atom stereocenters. The number of nitrogens with zero attached hydrogens (tertiary/aromatic N) is 7. The average molecular weight is 380 g/mol. The monoisotopic (exact) mass is 380 g/mol. The third-order valence-corrected chi connectivity index (χ3v) is 4.97. The number of aryl methyl sites for hydroxylation is 1. The van der Waals surface area contributed by atoms with Crippen LogP contribution in [0.5, 0.6) is 0 Å². The Hall–Kier alpha value is -3.07. The van der Waals surface area contributed by atoms with Gasteiger partial charge in [0.2, 0.25) is 5.91 Å². The van der Waals surface area contributed by atoms with Gasteiger partial charge in [0.1, 0.15) is 6.54 Å². The molecule has 3 aromatic rings. The second-order valence-electron chi connectivity index (χ2n) is 6.96. The largest absolute Gasteiger partial charge is 0.350 e. The number of carbonyl (C=O) groups excluding carboxylic acids is 1. The summed E-state index contributed by atoms with van der Waals surface area (Å²) in [5.74, 6) is 0.579. The summed E-state index contributed by atoms with van der Waals surface area (Å²) in [7, 11) is 0. The van der Waals surface area contributed by atoms with Gasteiger partial charge in [-0.3, -0.25) is 14.4 Å². The van der Waals surface area contributed by atoms with Gasteiger partial charge in [-0.25, -0.2) is 4.68 Å². The molecule has 1 N–H and O–H groups in total. The van der Waals surface area contributed by atoms with E-state index in [1.54, 1.807) is 10.9 Å². The number of nitrogens with one attached hydrogen (secondary N) is 1. The number of carbonyl (C=O) groups is 1. The molecule has 0 radical (unpaired) electrons. The molecule has 1 aliphatic rings. The molecule has 28 heavy (non-hydrogen) atoms. The van der Waals surface area contributed by atoms with Crippen LogP contribution in [0.25, 0.3) is 0 Å². The second-order valence-corrected chi connectivity index (χ2v) is 6.96. The molecule has 0 atom stereocenters. The maximum absolute atomic E-state index is 12.3. The predicted molar refractivity (Wildman–Crippen MR) is 102 cm³/mol. The van der Waals surface area contributed by atoms with Crippen LogP contribution >= 0.6 is 0 Å². The lowest BCUT2D eigenvalue weighted by molar-refractivity contribution is -0.122. The number of benzene rings is 1. The zero-order chi connectivity index (χ0) is 19.3. The molecule has 0 saturated carbocycles. The van der Waals surface area contributed by atoms with Crippen molar-refractivity contribution in [1.29, 1.82) is 0 Å². The molecule has 2 aromatic heterocycles. The Kier molecular flexibility index (Phi) is 5.43. The van der Waals surface area contributed by atoms with Crippen molar-refractivity contribution in [3.63, 3.8) is 0 Å². The van der Waals surface area contributed by atoms with E-state index < -0.39 is 0 Å². The van der Waals surface area contributed by atoms with E-state index in [2.05, 4.69) is 55.1 Å². The van der Waals surface area contributed by atoms with Gasteiger partial charge in [0, 0.05) is 37.9 Å². The highest BCUT2D eigenvalue weighted by atomic mass is 16.2. The molecule has 0 saturated heterocycles. The van der Waals surface area contributed by atoms with Gasteiger partial charge in [-0.1, -0.05) is 24.3 Å². The Bertz CT molecular complexity index is 947. The van der Waals surface area contributed by atoms with Crippen molar-refractivity contribution in [2.45, 2.75) is 46.1 Å². The Balaban J connectivity index is 1.32. The van der Waals surface area contributed by atoms with E-state index in [0.29, 0.717) is 18.9 Å². The van der Waals surface area contributed by atoms with Crippen molar-refractivity contribution in [2.75, 3.05) is 6.54 Å². The first-order valence-corrected chi connectivity index (χ1v) is 9.53. The van der Waals surface area contributed by atoms with Crippen LogP contribution < -0.4 is 5.32 Å². The van der Waals surface area contributed by atoms with E-state index in [4.69, 9.17) is 0 Å². The van der Waals surface area contributed by atoms with Crippen LogP contribution in [0, 0.1) is 0 Å². The molecule has 9 heteroatoms. The van der Waals surface area contributed by atoms with E-state index in [9.17, 15) is 4.79 Å². The summed E-state index contributed by atoms with van der Waals surface area (Å²) < 4.78 is 3.41. The van der Waals surface area contributed by atoms with E-state index in [0.717, 1.165) is 31.6 Å². The zero-order valence-corrected chi connectivity index (χ0v) is 16.0. The first kappa shape index (κ1) is 18.3. The fourth-order valence-corrected chi connectivity index (χ4v) is 3.41. The molecule has 146 valence electrons. The van der Waals surface area contributed by atoms with E-state index in [1.165, 1.54) is 11.1 Å². The summed E-state index contributed by atoms with van der Waals surface area (Å²) in [6.45, 7) is 5.83. The zero-order valence-electron chi connectivity index (χ0n) is 16.0. The molecule has 1 aliphatic heterocycles. The lowest BCUT2D eigenvalue weighted by Crippen LogP contribution is -2.33. The van der Waals surface area contributed by atoms with Crippen molar-refractivity contribution in [1.82, 2.24) is 40.2 Å². The summed E-state index contributed by atoms with van der Waals surface area (Å²) in [6.07, 6.45) is 4.71. The Morgan fingerprint density at radius 1 is 1.25 bits per heavy atom. The van der Waals surface area contributed by atoms with Crippen LogP contribution in [0.2, 0.25) is 0 Å². The summed E-state index contributed by atoms with van der Waals surface area (Å²) in [5.41, 5.74) is 3.72. The quantitative estimate of drug-likeness (QED) is 0.651. The van der Waals surface area contributed by atoms with Crippen LogP contribution in [0.15, 0.2) is 36.7 Å². The van der Waals surface area contributed by atoms with Crippen molar-refractivity contribution in [3.8, 4) is 0 Å². The predicted octanol–water partition coefficient (Wildman–Crippen LogP) is 0.764. The van der Waals surface area contributed by atoms with E-state index in [-0.39, 0.29) is 12.5 Å². The normalized spacial score (nSPS) is 14.0. The first-order chi connectivity index (χ1) is 13.7. The molecule has 0 spiro atoms. The van der Waals surface area contributed by atoms with Gasteiger partial charge in [-0.2, -0.15) is 5.10 Å². The number of aromatic nitrogens is 6. The highest BCUT2D eigenvalue weighted by Crippen LogP contribution is 2.19. The molecule has 0 aliphatic carbocycles. The van der Waals surface area contributed by atoms with Gasteiger partial charge in [-0.15, -0.1) is 5.10 Å². The third-order valence-electron chi connectivity index (χ3n) is 4.97. The van der Waals surface area contributed by atoms with Crippen molar-refractivity contribution in [2.24, 2.45) is 0 Å². The molecule has 1 aromatic carbocycles. The number of hydrogen-bond acceptors (Lipinski definition) is 6. The molecule has 9 nitrogen and oxygen atoms in total. The van der Waals surface area contributed by atoms with Gasteiger partial charge in [0.15, 0.2) is 5.82 Å². The first-order valence-electron chi connectivity index (χ1n) is 9.53. The van der Waals surface area contributed by atoms with E-state index in [1.807, 2.05) is 17.8 Å². The van der Waals surface area contributed by atoms with Crippen LogP contribution in [0.1, 0.15) is 29.4 Å². The number of fused-ring (bicyclic) bond motifs is 1. The maximum Gasteiger partial charge on any atom is 0.242 e. The molecule has 3 heterocycles. The smallest absolute Gasteiger partial charge is 0.242 e. The van der Waals surface area contributed by atoms with Gasteiger partial charge < -0.3 is 5.32 Å². The average Bonchev–Trinajstić information content (AvgIpc) is 3.36. The van der Waals surface area contributed by atoms with Crippen molar-refractivity contribution >= 4 is 5.91 Å². The van der Waals surface area contributed by atoms with Gasteiger partial charge >= 0.3 is 0 Å². The highest BCUT2D eigenvalue weighted by Gasteiger charge is 2.19. The number of rotatable bonds is 7. The topological polar surface area (TPSA) is 93.8 Å². The second kappa shape index (κ2) is 8.30. The van der Waals surface area contributed by atoms with Gasteiger partial charge in [-0.05, 0) is 34.9 Å². The van der Waals surface area contributed by atoms with Crippen LogP contribution in [-0.2, 0) is 43.9 Å². The van der Waals surface area contributed by atoms with Crippen LogP contribution in [0.3, 0.4) is 0 Å². The summed E-state index contributed by atoms with van der Waals surface area (Å²) in [4.78, 5) is 14.6. The molecular weight excluding hydrogens is 356 g/mol. The third kappa shape index (κ3) is 4.25. The molecule has 0 bridgehead atoms. The molecule has 1 amide bonds.